The van der Waals surface area contributed by atoms with Crippen molar-refractivity contribution in [3.8, 4) is 0 Å². The van der Waals surface area contributed by atoms with Gasteiger partial charge < -0.3 is 10.6 Å². The molecule has 0 saturated carbocycles. The van der Waals surface area contributed by atoms with E-state index in [-0.39, 0.29) is 23.7 Å². The Bertz CT molecular complexity index is 779. The van der Waals surface area contributed by atoms with E-state index < -0.39 is 6.04 Å². The Hall–Kier alpha value is -2.77. The number of nitrogens with one attached hydrogen (secondary N) is 4. The standard InChI is InChI=1S/C18H19FN4O2/c1-20-17(24)13-4-2-3-5-14(13)21-18(25)16-10-15(22-23-16)11-6-8-12(19)9-7-11/h2-9,15-16,22-23H,10H2,1H3,(H,20,24)(H,21,25). The smallest absolute Gasteiger partial charge is 0.253 e. The summed E-state index contributed by atoms with van der Waals surface area (Å²) in [7, 11) is 1.54. The van der Waals surface area contributed by atoms with Crippen molar-refractivity contribution in [2.45, 2.75) is 18.5 Å². The van der Waals surface area contributed by atoms with Crippen molar-refractivity contribution in [3.05, 3.63) is 65.5 Å². The van der Waals surface area contributed by atoms with E-state index in [2.05, 4.69) is 21.5 Å². The van der Waals surface area contributed by atoms with Gasteiger partial charge in [-0.3, -0.25) is 9.59 Å². The fourth-order valence-corrected chi connectivity index (χ4v) is 2.79. The van der Waals surface area contributed by atoms with Gasteiger partial charge in [-0.2, -0.15) is 0 Å². The molecule has 6 nitrogen and oxygen atoms in total. The van der Waals surface area contributed by atoms with Gasteiger partial charge in [0.1, 0.15) is 11.9 Å². The van der Waals surface area contributed by atoms with Gasteiger partial charge in [-0.15, -0.1) is 0 Å². The highest BCUT2D eigenvalue weighted by Gasteiger charge is 2.30. The first-order chi connectivity index (χ1) is 12.1. The molecule has 130 valence electrons. The van der Waals surface area contributed by atoms with E-state index >= 15 is 0 Å². The van der Waals surface area contributed by atoms with E-state index in [4.69, 9.17) is 0 Å². The van der Waals surface area contributed by atoms with Gasteiger partial charge in [0.2, 0.25) is 5.91 Å². The van der Waals surface area contributed by atoms with Crippen molar-refractivity contribution in [1.29, 1.82) is 0 Å². The van der Waals surface area contributed by atoms with E-state index in [1.54, 1.807) is 36.4 Å². The molecule has 0 radical (unpaired) electrons. The van der Waals surface area contributed by atoms with Crippen molar-refractivity contribution in [1.82, 2.24) is 16.2 Å². The number of hydrogen-bond acceptors (Lipinski definition) is 4. The van der Waals surface area contributed by atoms with Crippen LogP contribution in [0.4, 0.5) is 10.1 Å². The zero-order valence-electron chi connectivity index (χ0n) is 13.7. The molecule has 4 N–H and O–H groups in total. The molecular formula is C18H19FN4O2. The van der Waals surface area contributed by atoms with Crippen LogP contribution in [0.2, 0.25) is 0 Å². The van der Waals surface area contributed by atoms with E-state index in [0.29, 0.717) is 17.7 Å². The minimum absolute atomic E-state index is 0.0921. The average molecular weight is 342 g/mol. The molecule has 2 atom stereocenters. The van der Waals surface area contributed by atoms with Gasteiger partial charge in [-0.05, 0) is 36.2 Å². The second-order valence-corrected chi connectivity index (χ2v) is 5.80. The number of carbonyl (C=O) groups excluding carboxylic acids is 2. The molecule has 0 aliphatic carbocycles. The lowest BCUT2D eigenvalue weighted by Crippen LogP contribution is -2.40. The lowest BCUT2D eigenvalue weighted by Gasteiger charge is -2.13. The summed E-state index contributed by atoms with van der Waals surface area (Å²) >= 11 is 0. The van der Waals surface area contributed by atoms with Gasteiger partial charge in [0.05, 0.1) is 11.3 Å². The maximum atomic E-state index is 13.0. The fourth-order valence-electron chi connectivity index (χ4n) is 2.79. The van der Waals surface area contributed by atoms with Gasteiger partial charge in [0, 0.05) is 13.1 Å². The van der Waals surface area contributed by atoms with Crippen LogP contribution in [0, 0.1) is 5.82 Å². The molecule has 1 aliphatic rings. The molecule has 25 heavy (non-hydrogen) atoms. The highest BCUT2D eigenvalue weighted by atomic mass is 19.1. The molecule has 2 aromatic carbocycles. The predicted octanol–water partition coefficient (Wildman–Crippen LogP) is 1.73. The quantitative estimate of drug-likeness (QED) is 0.682. The highest BCUT2D eigenvalue weighted by Crippen LogP contribution is 2.23. The Morgan fingerprint density at radius 3 is 2.52 bits per heavy atom. The number of para-hydroxylation sites is 1. The van der Waals surface area contributed by atoms with Gasteiger partial charge in [-0.25, -0.2) is 15.2 Å². The van der Waals surface area contributed by atoms with Gasteiger partial charge in [0.15, 0.2) is 0 Å². The van der Waals surface area contributed by atoms with E-state index in [1.807, 2.05) is 0 Å². The molecule has 1 fully saturated rings. The van der Waals surface area contributed by atoms with Crippen molar-refractivity contribution in [2.75, 3.05) is 12.4 Å². The Morgan fingerprint density at radius 1 is 1.08 bits per heavy atom. The summed E-state index contributed by atoms with van der Waals surface area (Å²) < 4.78 is 13.0. The summed E-state index contributed by atoms with van der Waals surface area (Å²) in [5, 5.41) is 5.34. The summed E-state index contributed by atoms with van der Waals surface area (Å²) in [5.41, 5.74) is 7.75. The summed E-state index contributed by atoms with van der Waals surface area (Å²) in [6.45, 7) is 0. The molecule has 1 aliphatic heterocycles. The molecule has 2 amide bonds. The first-order valence-corrected chi connectivity index (χ1v) is 7.97. The Morgan fingerprint density at radius 2 is 1.80 bits per heavy atom. The molecular weight excluding hydrogens is 323 g/mol. The first-order valence-electron chi connectivity index (χ1n) is 7.97. The maximum Gasteiger partial charge on any atom is 0.253 e. The molecule has 2 unspecified atom stereocenters. The second-order valence-electron chi connectivity index (χ2n) is 5.80. The number of carbonyl (C=O) groups is 2. The van der Waals surface area contributed by atoms with Crippen LogP contribution in [-0.2, 0) is 4.79 Å². The third-order valence-corrected chi connectivity index (χ3v) is 4.15. The largest absolute Gasteiger partial charge is 0.355 e. The number of hydrazine groups is 1. The molecule has 2 aromatic rings. The number of amides is 2. The lowest BCUT2D eigenvalue weighted by molar-refractivity contribution is -0.117. The molecule has 3 rings (SSSR count). The van der Waals surface area contributed by atoms with E-state index in [1.165, 1.54) is 19.2 Å². The van der Waals surface area contributed by atoms with Crippen molar-refractivity contribution < 1.29 is 14.0 Å². The molecule has 0 bridgehead atoms. The van der Waals surface area contributed by atoms with Crippen molar-refractivity contribution >= 4 is 17.5 Å². The third-order valence-electron chi connectivity index (χ3n) is 4.15. The first kappa shape index (κ1) is 17.1. The van der Waals surface area contributed by atoms with Crippen LogP contribution in [0.5, 0.6) is 0 Å². The molecule has 1 saturated heterocycles. The highest BCUT2D eigenvalue weighted by molar-refractivity contribution is 6.04. The van der Waals surface area contributed by atoms with E-state index in [0.717, 1.165) is 5.56 Å². The topological polar surface area (TPSA) is 82.3 Å². The SMILES string of the molecule is CNC(=O)c1ccccc1NC(=O)C1CC(c2ccc(F)cc2)NN1. The Labute approximate surface area is 144 Å². The molecule has 0 aromatic heterocycles. The average Bonchev–Trinajstić information content (AvgIpc) is 3.12. The van der Waals surface area contributed by atoms with Crippen molar-refractivity contribution in [3.63, 3.8) is 0 Å². The number of rotatable bonds is 4. The van der Waals surface area contributed by atoms with Crippen LogP contribution in [0.1, 0.15) is 28.4 Å². The van der Waals surface area contributed by atoms with Crippen LogP contribution in [-0.4, -0.2) is 24.9 Å². The van der Waals surface area contributed by atoms with Crippen LogP contribution >= 0.6 is 0 Å². The van der Waals surface area contributed by atoms with Gasteiger partial charge in [-0.1, -0.05) is 24.3 Å². The summed E-state index contributed by atoms with van der Waals surface area (Å²) in [6.07, 6.45) is 0.513. The monoisotopic (exact) mass is 342 g/mol. The normalized spacial score (nSPS) is 19.4. The zero-order chi connectivity index (χ0) is 17.8. The summed E-state index contributed by atoms with van der Waals surface area (Å²) in [5.74, 6) is -0.805. The lowest BCUT2D eigenvalue weighted by atomic mass is 10.0. The minimum atomic E-state index is -0.465. The number of halogens is 1. The van der Waals surface area contributed by atoms with Crippen LogP contribution < -0.4 is 21.5 Å². The molecule has 1 heterocycles. The van der Waals surface area contributed by atoms with Gasteiger partial charge in [0.25, 0.3) is 5.91 Å². The van der Waals surface area contributed by atoms with Gasteiger partial charge >= 0.3 is 0 Å². The van der Waals surface area contributed by atoms with E-state index in [9.17, 15) is 14.0 Å². The number of hydrogen-bond donors (Lipinski definition) is 4. The van der Waals surface area contributed by atoms with Crippen molar-refractivity contribution in [2.24, 2.45) is 0 Å². The number of anilines is 1. The third kappa shape index (κ3) is 3.84. The Kier molecular flexibility index (Phi) is 5.06. The molecule has 7 heteroatoms. The zero-order valence-corrected chi connectivity index (χ0v) is 13.7. The summed E-state index contributed by atoms with van der Waals surface area (Å²) in [6, 6.07) is 12.4. The van der Waals surface area contributed by atoms with Crippen LogP contribution in [0.15, 0.2) is 48.5 Å². The fraction of sp³-hybridized carbons (Fsp3) is 0.222. The van der Waals surface area contributed by atoms with Crippen LogP contribution in [0.25, 0.3) is 0 Å². The summed E-state index contributed by atoms with van der Waals surface area (Å²) in [4.78, 5) is 24.4. The number of benzene rings is 2. The Balaban J connectivity index is 1.67. The van der Waals surface area contributed by atoms with Crippen LogP contribution in [0.3, 0.4) is 0 Å². The maximum absolute atomic E-state index is 13.0. The predicted molar refractivity (Wildman–Crippen MR) is 92.3 cm³/mol. The molecule has 0 spiro atoms. The second kappa shape index (κ2) is 7.42. The minimum Gasteiger partial charge on any atom is -0.355 e.